The van der Waals surface area contributed by atoms with Gasteiger partial charge in [0.25, 0.3) is 11.8 Å². The number of allylic oxidation sites excluding steroid dienone is 2. The number of aromatic nitrogens is 1. The van der Waals surface area contributed by atoms with Crippen molar-refractivity contribution >= 4 is 41.2 Å². The molecular formula is C24H21Cl2N3O2. The van der Waals surface area contributed by atoms with Gasteiger partial charge in [-0.1, -0.05) is 35.4 Å². The Kier molecular flexibility index (Phi) is 4.09. The van der Waals surface area contributed by atoms with E-state index in [4.69, 9.17) is 23.2 Å². The smallest absolute Gasteiger partial charge is 0.254 e. The lowest BCUT2D eigenvalue weighted by atomic mass is 9.63. The zero-order valence-corrected chi connectivity index (χ0v) is 18.6. The third kappa shape index (κ3) is 2.66. The van der Waals surface area contributed by atoms with Crippen LogP contribution in [0.5, 0.6) is 0 Å². The predicted octanol–water partition coefficient (Wildman–Crippen LogP) is 4.79. The third-order valence-electron chi connectivity index (χ3n) is 7.57. The molecule has 2 aromatic rings. The topological polar surface area (TPSA) is 54.7 Å². The molecular weight excluding hydrogens is 433 g/mol. The molecule has 2 amide bonds. The van der Waals surface area contributed by atoms with Crippen molar-refractivity contribution in [3.8, 4) is 5.69 Å². The number of imide groups is 1. The fraction of sp³-hybridized carbons (Fsp3) is 0.375. The fourth-order valence-corrected chi connectivity index (χ4v) is 6.62. The van der Waals surface area contributed by atoms with Crippen LogP contribution in [0.4, 0.5) is 0 Å². The molecule has 1 saturated heterocycles. The van der Waals surface area contributed by atoms with Gasteiger partial charge < -0.3 is 4.57 Å². The molecule has 1 aliphatic heterocycles. The summed E-state index contributed by atoms with van der Waals surface area (Å²) in [5.74, 6) is 0.811. The standard InChI is InChI=1S/C24H21Cl2N3O2/c1-11-7-13(12(2)28(11)20-6-3-14(25)8-19(20)26)10-27-29-23(30)21-15-4-5-16(18-9-17(15)18)22(21)24(29)31/h3-8,10,15-18,21-22H,9H2,1-2H3/b27-10-/t15-,16-,17-,18+,21+,22+/m0/s1. The van der Waals surface area contributed by atoms with Crippen LogP contribution in [0.15, 0.2) is 41.5 Å². The van der Waals surface area contributed by atoms with Gasteiger partial charge in [-0.25, -0.2) is 0 Å². The molecule has 0 spiro atoms. The molecule has 3 fully saturated rings. The number of hydrogen-bond acceptors (Lipinski definition) is 3. The molecule has 7 heteroatoms. The minimum atomic E-state index is -0.233. The fourth-order valence-electron chi connectivity index (χ4n) is 6.13. The molecule has 2 bridgehead atoms. The number of halogens is 2. The number of carbonyl (C=O) groups excluding carboxylic acids is 2. The lowest BCUT2D eigenvalue weighted by Crippen LogP contribution is -2.40. The first-order valence-corrected chi connectivity index (χ1v) is 11.4. The summed E-state index contributed by atoms with van der Waals surface area (Å²) in [6.45, 7) is 3.94. The van der Waals surface area contributed by atoms with E-state index in [1.807, 2.05) is 30.5 Å². The van der Waals surface area contributed by atoms with Gasteiger partial charge in [0.1, 0.15) is 0 Å². The second-order valence-corrected chi connectivity index (χ2v) is 9.99. The van der Waals surface area contributed by atoms with Crippen molar-refractivity contribution in [2.45, 2.75) is 20.3 Å². The van der Waals surface area contributed by atoms with Gasteiger partial charge in [0.15, 0.2) is 0 Å². The van der Waals surface area contributed by atoms with Crippen molar-refractivity contribution < 1.29 is 9.59 Å². The molecule has 31 heavy (non-hydrogen) atoms. The van der Waals surface area contributed by atoms with Gasteiger partial charge in [0, 0.05) is 22.0 Å². The Morgan fingerprint density at radius 2 is 1.65 bits per heavy atom. The van der Waals surface area contributed by atoms with E-state index in [2.05, 4.69) is 17.3 Å². The van der Waals surface area contributed by atoms with Crippen LogP contribution in [0.2, 0.25) is 10.0 Å². The highest BCUT2D eigenvalue weighted by molar-refractivity contribution is 6.35. The molecule has 7 rings (SSSR count). The summed E-state index contributed by atoms with van der Waals surface area (Å²) < 4.78 is 2.02. The van der Waals surface area contributed by atoms with Crippen LogP contribution in [0.3, 0.4) is 0 Å². The van der Waals surface area contributed by atoms with E-state index in [-0.39, 0.29) is 35.5 Å². The summed E-state index contributed by atoms with van der Waals surface area (Å²) in [6.07, 6.45) is 7.11. The third-order valence-corrected chi connectivity index (χ3v) is 8.11. The summed E-state index contributed by atoms with van der Waals surface area (Å²) in [5, 5.41) is 6.62. The molecule has 0 N–H and O–H groups in total. The van der Waals surface area contributed by atoms with Crippen molar-refractivity contribution in [2.75, 3.05) is 0 Å². The highest BCUT2D eigenvalue weighted by atomic mass is 35.5. The van der Waals surface area contributed by atoms with Gasteiger partial charge in [-0.15, -0.1) is 0 Å². The summed E-state index contributed by atoms with van der Waals surface area (Å²) in [6, 6.07) is 7.35. The van der Waals surface area contributed by atoms with Crippen LogP contribution in [-0.2, 0) is 9.59 Å². The van der Waals surface area contributed by atoms with E-state index in [0.717, 1.165) is 34.1 Å². The second-order valence-electron chi connectivity index (χ2n) is 9.15. The van der Waals surface area contributed by atoms with E-state index in [1.54, 1.807) is 18.3 Å². The van der Waals surface area contributed by atoms with Crippen LogP contribution >= 0.6 is 23.2 Å². The van der Waals surface area contributed by atoms with Crippen LogP contribution < -0.4 is 0 Å². The van der Waals surface area contributed by atoms with Crippen molar-refractivity contribution in [3.05, 3.63) is 63.4 Å². The van der Waals surface area contributed by atoms with Crippen LogP contribution in [0.25, 0.3) is 5.69 Å². The SMILES string of the molecule is Cc1cc(/C=N\N2C(=O)[C@@H]3[C@H]4C=C[C@@H]([C@@H]5C[C@H]45)[C@H]3C2=O)c(C)n1-c1ccc(Cl)cc1Cl. The molecule has 0 unspecified atom stereocenters. The van der Waals surface area contributed by atoms with E-state index in [9.17, 15) is 9.59 Å². The first-order valence-electron chi connectivity index (χ1n) is 10.6. The number of rotatable bonds is 3. The van der Waals surface area contributed by atoms with Gasteiger partial charge >= 0.3 is 0 Å². The van der Waals surface area contributed by atoms with E-state index in [1.165, 1.54) is 0 Å². The van der Waals surface area contributed by atoms with Gasteiger partial charge in [0.2, 0.25) is 0 Å². The average molecular weight is 454 g/mol. The molecule has 5 nitrogen and oxygen atoms in total. The van der Waals surface area contributed by atoms with Gasteiger partial charge in [0.05, 0.1) is 28.8 Å². The minimum Gasteiger partial charge on any atom is -0.316 e. The van der Waals surface area contributed by atoms with Crippen molar-refractivity contribution in [1.82, 2.24) is 9.58 Å². The number of carbonyl (C=O) groups is 2. The molecule has 4 aliphatic carbocycles. The van der Waals surface area contributed by atoms with Crippen molar-refractivity contribution in [1.29, 1.82) is 0 Å². The summed E-state index contributed by atoms with van der Waals surface area (Å²) in [5.41, 5.74) is 3.55. The van der Waals surface area contributed by atoms with Crippen LogP contribution in [-0.4, -0.2) is 27.6 Å². The number of amides is 2. The quantitative estimate of drug-likeness (QED) is 0.381. The highest BCUT2D eigenvalue weighted by Gasteiger charge is 2.67. The van der Waals surface area contributed by atoms with Crippen LogP contribution in [0, 0.1) is 49.4 Å². The molecule has 6 atom stereocenters. The van der Waals surface area contributed by atoms with Gasteiger partial charge in [-0.05, 0) is 68.2 Å². The maximum Gasteiger partial charge on any atom is 0.254 e. The first kappa shape index (κ1) is 19.3. The van der Waals surface area contributed by atoms with Crippen LogP contribution in [0.1, 0.15) is 23.4 Å². The number of nitrogens with zero attached hydrogens (tertiary/aromatic N) is 3. The lowest BCUT2D eigenvalue weighted by Gasteiger charge is -2.37. The van der Waals surface area contributed by atoms with Crippen molar-refractivity contribution in [3.63, 3.8) is 0 Å². The van der Waals surface area contributed by atoms with E-state index < -0.39 is 0 Å². The second kappa shape index (κ2) is 6.57. The molecule has 1 aromatic carbocycles. The number of aryl methyl sites for hydroxylation is 1. The molecule has 158 valence electrons. The average Bonchev–Trinajstić information content (AvgIpc) is 3.46. The normalized spacial score (nSPS) is 32.8. The molecule has 2 heterocycles. The zero-order valence-electron chi connectivity index (χ0n) is 17.1. The largest absolute Gasteiger partial charge is 0.316 e. The number of hydrazone groups is 1. The first-order chi connectivity index (χ1) is 14.9. The Bertz CT molecular complexity index is 1180. The molecule has 0 radical (unpaired) electrons. The summed E-state index contributed by atoms with van der Waals surface area (Å²) >= 11 is 12.5. The van der Waals surface area contributed by atoms with Crippen molar-refractivity contribution in [2.24, 2.45) is 40.6 Å². The Morgan fingerprint density at radius 1 is 1.00 bits per heavy atom. The molecule has 5 aliphatic rings. The maximum atomic E-state index is 13.1. The predicted molar refractivity (Wildman–Crippen MR) is 119 cm³/mol. The maximum absolute atomic E-state index is 13.1. The number of hydrogen-bond donors (Lipinski definition) is 0. The minimum absolute atomic E-state index is 0.148. The Labute approximate surface area is 190 Å². The summed E-state index contributed by atoms with van der Waals surface area (Å²) in [7, 11) is 0. The monoisotopic (exact) mass is 453 g/mol. The van der Waals surface area contributed by atoms with E-state index in [0.29, 0.717) is 21.9 Å². The molecule has 1 aromatic heterocycles. The van der Waals surface area contributed by atoms with Gasteiger partial charge in [-0.2, -0.15) is 10.1 Å². The Hall–Kier alpha value is -2.37. The van der Waals surface area contributed by atoms with E-state index >= 15 is 0 Å². The Morgan fingerprint density at radius 3 is 2.26 bits per heavy atom. The van der Waals surface area contributed by atoms with Gasteiger partial charge in [-0.3, -0.25) is 9.59 Å². The number of benzene rings is 1. The molecule has 2 saturated carbocycles. The lowest BCUT2D eigenvalue weighted by molar-refractivity contribution is -0.140. The highest BCUT2D eigenvalue weighted by Crippen LogP contribution is 2.65. The Balaban J connectivity index is 1.31. The zero-order chi connectivity index (χ0) is 21.6. The summed E-state index contributed by atoms with van der Waals surface area (Å²) in [4.78, 5) is 26.2.